The van der Waals surface area contributed by atoms with Gasteiger partial charge in [0, 0.05) is 78.5 Å². The summed E-state index contributed by atoms with van der Waals surface area (Å²) in [4.78, 5) is 33.1. The van der Waals surface area contributed by atoms with Crippen LogP contribution in [0.15, 0.2) is 12.2 Å². The molecule has 14 nitrogen and oxygen atoms in total. The molecule has 2 radical (unpaired) electrons. The second kappa shape index (κ2) is 34.5. The molecule has 5 aliphatic rings. The van der Waals surface area contributed by atoms with Crippen LogP contribution in [0.1, 0.15) is 51.9 Å². The van der Waals surface area contributed by atoms with Gasteiger partial charge in [0.05, 0.1) is 36.6 Å². The van der Waals surface area contributed by atoms with Crippen molar-refractivity contribution in [1.82, 2.24) is 15.7 Å². The number of aliphatic hydroxyl groups is 5. The van der Waals surface area contributed by atoms with E-state index in [-0.39, 0.29) is 65.9 Å². The Kier molecular flexibility index (Phi) is 36.0. The van der Waals surface area contributed by atoms with E-state index in [1.807, 2.05) is 0 Å². The number of nitrogens with two attached hydrogens (primary N) is 1. The number of nitrogens with one attached hydrogen (secondary N) is 2. The zero-order chi connectivity index (χ0) is 71.2. The molecule has 5 rings (SSSR count). The maximum Gasteiger partial charge on any atom is 0.436 e. The minimum absolute atomic E-state index is 0. The Bertz CT molecular complexity index is 2140. The summed E-state index contributed by atoms with van der Waals surface area (Å²) >= 11 is 21.2. The molecule has 3 heterocycles. The Balaban J connectivity index is -0.000000517. The smallest absolute Gasteiger partial charge is 0.387 e. The van der Waals surface area contributed by atoms with E-state index in [0.717, 1.165) is 17.2 Å². The van der Waals surface area contributed by atoms with Gasteiger partial charge in [-0.25, -0.2) is 0 Å². The summed E-state index contributed by atoms with van der Waals surface area (Å²) in [6.45, 7) is 1.66. The molecule has 3 saturated heterocycles. The van der Waals surface area contributed by atoms with Gasteiger partial charge in [0.2, 0.25) is 23.3 Å². The van der Waals surface area contributed by atoms with E-state index in [4.69, 9.17) is 50.7 Å². The average molecular weight is 1880 g/mol. The third-order valence-electron chi connectivity index (χ3n) is 12.5. The molecule has 2 aliphatic carbocycles. The van der Waals surface area contributed by atoms with E-state index in [0.29, 0.717) is 28.1 Å². The first-order chi connectivity index (χ1) is 39.0. The number of ether oxygens (including phenoxy) is 1. The fourth-order valence-electron chi connectivity index (χ4n) is 7.63. The second-order valence-corrected chi connectivity index (χ2v) is 22.1. The van der Waals surface area contributed by atoms with Crippen LogP contribution in [0.25, 0.3) is 0 Å². The van der Waals surface area contributed by atoms with E-state index < -0.39 is 132 Å². The van der Waals surface area contributed by atoms with Gasteiger partial charge in [-0.05, 0) is 52.2 Å². The van der Waals surface area contributed by atoms with Gasteiger partial charge in [0.25, 0.3) is 17.1 Å². The van der Waals surface area contributed by atoms with Crippen molar-refractivity contribution in [3.8, 4) is 0 Å². The van der Waals surface area contributed by atoms with Crippen LogP contribution in [0.5, 0.6) is 0 Å². The molecule has 88 heavy (non-hydrogen) atoms. The fraction of sp³-hybridized carbons (Fsp3) is 0.875. The number of rotatable bonds is 13. The van der Waals surface area contributed by atoms with Crippen LogP contribution in [0, 0.1) is 54.8 Å². The van der Waals surface area contributed by atoms with Gasteiger partial charge in [-0.3, -0.25) is 14.4 Å². The van der Waals surface area contributed by atoms with Gasteiger partial charge >= 0.3 is 60.9 Å². The van der Waals surface area contributed by atoms with Crippen LogP contribution in [0.2, 0.25) is 0 Å². The molecule has 0 aromatic heterocycles. The average Bonchev–Trinajstić information content (AvgIpc) is 3.33. The number of nitrogens with zero attached hydrogens (tertiary/aromatic N) is 1. The summed E-state index contributed by atoms with van der Waals surface area (Å²) in [5.74, 6) is -8.95. The maximum atomic E-state index is 13.0. The van der Waals surface area contributed by atoms with Gasteiger partial charge < -0.3 is 51.8 Å². The van der Waals surface area contributed by atoms with Crippen LogP contribution < -0.4 is 16.4 Å². The number of halogens is 32. The minimum Gasteiger partial charge on any atom is -0.387 e. The third kappa shape index (κ3) is 23.2. The van der Waals surface area contributed by atoms with Crippen LogP contribution in [0.4, 0.5) is 114 Å². The standard InChI is InChI=1S/C10H10Br2F9NO3.C10H8F9NO3.C9H15NO.C6H6F8O2.C4H7Br2NO.CH2Cl2.BH.U/c11-1-4(2-12)5(23)22-7(25,10(19,20)21)3-6(24,8(13,14)15)9(16,17)18;1-4-2-23-7(10(17,18)19,20-5(4)21)3-6(22,8(11,12)13)9(14,15)16;11-10-8-2-6-1-7(4-8)5-9(10)3-6;1-2(15)3(7,8)4(16,5(9,10)11)6(12,13)14;5-1-3(2-6)4(7)8;2-1-3;;/h4,24-25H,1-3H2,(H,22,23);22H,1-3H2,(H,20,21);6-9,11H,1-5H2;2,15-16H,1H3;3H,1-2H2,(H2,7,8);1H2;1H;/i;;;;;;1D;. The molecule has 48 heteroatoms. The molecule has 3 unspecified atom stereocenters. The number of hydroxylamine groups is 2. The minimum atomic E-state index is -6.67. The fourth-order valence-corrected chi connectivity index (χ4v) is 11.0. The Morgan fingerprint density at radius 3 is 1.23 bits per heavy atom. The zero-order valence-electron chi connectivity index (χ0n) is 44.5. The van der Waals surface area contributed by atoms with Crippen molar-refractivity contribution in [2.24, 2.45) is 29.4 Å². The van der Waals surface area contributed by atoms with E-state index in [2.05, 4.69) is 83.4 Å². The number of hydrogen-bond donors (Lipinski definition) is 9. The monoisotopic (exact) mass is 1870 g/mol. The number of aliphatic hydroxyl groups excluding tert-OH is 1. The zero-order valence-corrected chi connectivity index (χ0v) is 55.5. The van der Waals surface area contributed by atoms with Gasteiger partial charge in [-0.2, -0.15) is 119 Å². The summed E-state index contributed by atoms with van der Waals surface area (Å²) in [5.41, 5.74) is -23.0. The molecule has 0 aromatic carbocycles. The Morgan fingerprint density at radius 2 is 1.01 bits per heavy atom. The van der Waals surface area contributed by atoms with Crippen LogP contribution >= 0.6 is 86.9 Å². The summed E-state index contributed by atoms with van der Waals surface area (Å²) < 4.78 is 334. The molecule has 520 valence electrons. The molecule has 3 amide bonds. The van der Waals surface area contributed by atoms with Crippen LogP contribution in [-0.4, -0.2) is 198 Å². The molecule has 0 aromatic rings. The van der Waals surface area contributed by atoms with E-state index >= 15 is 0 Å². The molecule has 5 fully saturated rings. The number of hydrogen-bond acceptors (Lipinski definition) is 11. The number of carbonyl (C=O) groups is 3. The van der Waals surface area contributed by atoms with E-state index in [1.54, 1.807) is 5.06 Å². The second-order valence-electron chi connectivity index (χ2n) is 18.7. The van der Waals surface area contributed by atoms with Crippen molar-refractivity contribution in [2.75, 3.05) is 33.3 Å². The SMILES string of the molecule is C=C1COC(CC(O)(C(F)(F)F)C(F)(F)F)(C(F)(F)F)NC1=O.CC(O)C(F)(F)C(O)(C(F)(F)F)C(F)(F)F.ClCCl.NC(=O)C(CBr)CBr.O=C(NC(O)(CC(O)(C(F)(F)F)C(F)(F)F)C(F)(F)F)C(CBr)CBr.ON1C2CC3CC(C2)CC1C3.[2H][B].[U]. The van der Waals surface area contributed by atoms with Gasteiger partial charge in [0.15, 0.2) is 0 Å². The molecule has 3 atom stereocenters. The summed E-state index contributed by atoms with van der Waals surface area (Å²) in [6.07, 6.45) is -54.8. The molecule has 4 bridgehead atoms. The predicted octanol–water partition coefficient (Wildman–Crippen LogP) is 10.3. The number of primary amides is 1. The molecule has 2 saturated carbocycles. The molecular formula is C40H49BBr4Cl2F26N4O10U. The van der Waals surface area contributed by atoms with Crippen LogP contribution in [-0.2, 0) is 19.1 Å². The van der Waals surface area contributed by atoms with Crippen molar-refractivity contribution >= 4 is 113 Å². The van der Waals surface area contributed by atoms with Crippen molar-refractivity contribution in [3.63, 3.8) is 0 Å². The largest absolute Gasteiger partial charge is 0.436 e. The number of carbonyl (C=O) groups excluding carboxylic acids is 3. The normalized spacial score (nSPS) is 22.4. The maximum absolute atomic E-state index is 13.0. The predicted molar refractivity (Wildman–Crippen MR) is 265 cm³/mol. The van der Waals surface area contributed by atoms with Crippen molar-refractivity contribution in [2.45, 2.75) is 154 Å². The quantitative estimate of drug-likeness (QED) is 0.0277. The Morgan fingerprint density at radius 1 is 0.682 bits per heavy atom. The van der Waals surface area contributed by atoms with E-state index in [9.17, 15) is 139 Å². The first kappa shape index (κ1) is 91.8. The Labute approximate surface area is 550 Å². The first-order valence-corrected chi connectivity index (χ1v) is 28.1. The van der Waals surface area contributed by atoms with Gasteiger partial charge in [-0.1, -0.05) is 70.3 Å². The van der Waals surface area contributed by atoms with Crippen molar-refractivity contribution in [3.05, 3.63) is 12.2 Å². The number of amides is 3. The molecule has 0 spiro atoms. The molecule has 3 aliphatic heterocycles. The number of piperidine rings is 2. The third-order valence-corrected chi connectivity index (χ3v) is 15.6. The Hall–Kier alpha value is -0.373. The first-order valence-electron chi connectivity index (χ1n) is 23.1. The van der Waals surface area contributed by atoms with Crippen molar-refractivity contribution < 1.29 is 195 Å². The summed E-state index contributed by atoms with van der Waals surface area (Å²) in [7, 11) is 3.75. The molecular weight excluding hydrogens is 1830 g/mol. The topological polar surface area (TPSA) is 235 Å². The van der Waals surface area contributed by atoms with Gasteiger partial charge in [0.1, 0.15) is 6.10 Å². The van der Waals surface area contributed by atoms with E-state index in [1.165, 1.54) is 32.1 Å². The summed E-state index contributed by atoms with van der Waals surface area (Å²) in [5, 5.41) is 57.3. The van der Waals surface area contributed by atoms with Crippen molar-refractivity contribution in [1.29, 1.82) is 1.34 Å². The van der Waals surface area contributed by atoms with Gasteiger partial charge in [-0.15, -0.1) is 23.2 Å². The van der Waals surface area contributed by atoms with Crippen LogP contribution in [0.3, 0.4) is 0 Å². The number of alkyl halides is 32. The summed E-state index contributed by atoms with van der Waals surface area (Å²) in [6, 6.07) is 1.07. The molecule has 10 N–H and O–H groups in total.